The van der Waals surface area contributed by atoms with Gasteiger partial charge in [0, 0.05) is 10.4 Å². The predicted octanol–water partition coefficient (Wildman–Crippen LogP) is 5.50. The number of hydrogen-bond donors (Lipinski definition) is 1. The van der Waals surface area contributed by atoms with E-state index in [0.29, 0.717) is 16.3 Å². The molecule has 1 N–H and O–H groups in total. The molecule has 186 valence electrons. The Labute approximate surface area is 216 Å². The van der Waals surface area contributed by atoms with Gasteiger partial charge in [0.25, 0.3) is 10.0 Å². The fraction of sp³-hybridized carbons (Fsp3) is 0.179. The van der Waals surface area contributed by atoms with Gasteiger partial charge in [-0.25, -0.2) is 8.42 Å². The van der Waals surface area contributed by atoms with Crippen molar-refractivity contribution in [3.8, 4) is 5.75 Å². The highest BCUT2D eigenvalue weighted by Gasteiger charge is 2.28. The molecule has 6 nitrogen and oxygen atoms in total. The number of halogens is 1. The lowest BCUT2D eigenvalue weighted by Crippen LogP contribution is -2.42. The van der Waals surface area contributed by atoms with Crippen molar-refractivity contribution >= 4 is 44.0 Å². The zero-order valence-corrected chi connectivity index (χ0v) is 21.6. The summed E-state index contributed by atoms with van der Waals surface area (Å²) < 4.78 is 34.1. The lowest BCUT2D eigenvalue weighted by Gasteiger charge is -2.26. The lowest BCUT2D eigenvalue weighted by atomic mass is 10.1. The number of nitrogens with one attached hydrogen (secondary N) is 1. The Morgan fingerprint density at radius 2 is 1.61 bits per heavy atom. The van der Waals surface area contributed by atoms with Crippen LogP contribution in [0.5, 0.6) is 5.75 Å². The van der Waals surface area contributed by atoms with Crippen LogP contribution in [0.3, 0.4) is 0 Å². The molecular weight excluding hydrogens is 496 g/mol. The van der Waals surface area contributed by atoms with Crippen molar-refractivity contribution in [1.82, 2.24) is 5.32 Å². The second-order valence-corrected chi connectivity index (χ2v) is 10.7. The van der Waals surface area contributed by atoms with Gasteiger partial charge in [0.2, 0.25) is 5.91 Å². The first-order valence-corrected chi connectivity index (χ1v) is 13.3. The van der Waals surface area contributed by atoms with E-state index in [4.69, 9.17) is 16.3 Å². The molecule has 0 aliphatic carbocycles. The number of carbonyl (C=O) groups excluding carboxylic acids is 1. The van der Waals surface area contributed by atoms with E-state index in [1.807, 2.05) is 49.4 Å². The molecule has 0 aromatic heterocycles. The topological polar surface area (TPSA) is 75.7 Å². The van der Waals surface area contributed by atoms with Gasteiger partial charge in [-0.05, 0) is 55.1 Å². The maximum atomic E-state index is 13.6. The van der Waals surface area contributed by atoms with Crippen LogP contribution in [0.25, 0.3) is 10.8 Å². The Hall–Kier alpha value is -3.55. The minimum atomic E-state index is -4.02. The quantitative estimate of drug-likeness (QED) is 0.294. The number of aryl methyl sites for hydroxylation is 1. The van der Waals surface area contributed by atoms with E-state index in [1.165, 1.54) is 12.1 Å². The van der Waals surface area contributed by atoms with Gasteiger partial charge >= 0.3 is 0 Å². The summed E-state index contributed by atoms with van der Waals surface area (Å²) in [6.07, 6.45) is 0. The first kappa shape index (κ1) is 25.5. The number of hydrogen-bond acceptors (Lipinski definition) is 4. The molecule has 0 aliphatic rings. The number of benzene rings is 4. The number of fused-ring (bicyclic) bond motifs is 1. The van der Waals surface area contributed by atoms with Crippen molar-refractivity contribution in [3.05, 3.63) is 101 Å². The molecular formula is C28H27ClN2O4S. The molecule has 0 aliphatic heterocycles. The Morgan fingerprint density at radius 1 is 0.917 bits per heavy atom. The number of ether oxygens (including phenoxy) is 1. The van der Waals surface area contributed by atoms with Crippen LogP contribution in [0.4, 0.5) is 5.69 Å². The first-order chi connectivity index (χ1) is 17.3. The molecule has 0 bridgehead atoms. The summed E-state index contributed by atoms with van der Waals surface area (Å²) in [5.41, 5.74) is 1.86. The third kappa shape index (κ3) is 5.64. The third-order valence-electron chi connectivity index (χ3n) is 5.84. The first-order valence-electron chi connectivity index (χ1n) is 11.5. The van der Waals surface area contributed by atoms with Crippen LogP contribution in [-0.4, -0.2) is 34.0 Å². The molecule has 4 aromatic rings. The monoisotopic (exact) mass is 522 g/mol. The van der Waals surface area contributed by atoms with E-state index in [-0.39, 0.29) is 18.0 Å². The van der Waals surface area contributed by atoms with E-state index in [9.17, 15) is 13.2 Å². The normalized spacial score (nSPS) is 11.3. The Balaban J connectivity index is 1.48. The van der Waals surface area contributed by atoms with E-state index >= 15 is 0 Å². The molecule has 0 fully saturated rings. The van der Waals surface area contributed by atoms with E-state index < -0.39 is 22.5 Å². The minimum absolute atomic E-state index is 0.0968. The number of rotatable bonds is 9. The molecule has 8 heteroatoms. The molecule has 4 aromatic carbocycles. The summed E-state index contributed by atoms with van der Waals surface area (Å²) in [6, 6.07) is 25.2. The maximum absolute atomic E-state index is 13.6. The SMILES string of the molecule is Cc1ccc(S(=O)(=O)N(CC(=O)NCCOc2cccc3ccccc23)c2cccc(Cl)c2C)cc1. The largest absolute Gasteiger partial charge is 0.491 e. The minimum Gasteiger partial charge on any atom is -0.491 e. The van der Waals surface area contributed by atoms with E-state index in [0.717, 1.165) is 26.4 Å². The highest BCUT2D eigenvalue weighted by Crippen LogP contribution is 2.31. The van der Waals surface area contributed by atoms with Gasteiger partial charge in [0.1, 0.15) is 18.9 Å². The average Bonchev–Trinajstić information content (AvgIpc) is 2.87. The van der Waals surface area contributed by atoms with Gasteiger partial charge in [-0.2, -0.15) is 0 Å². The molecule has 0 saturated carbocycles. The molecule has 4 rings (SSSR count). The number of nitrogens with zero attached hydrogens (tertiary/aromatic N) is 1. The zero-order valence-electron chi connectivity index (χ0n) is 20.1. The number of anilines is 1. The molecule has 36 heavy (non-hydrogen) atoms. The summed E-state index contributed by atoms with van der Waals surface area (Å²) in [5, 5.41) is 5.23. The summed E-state index contributed by atoms with van der Waals surface area (Å²) in [7, 11) is -4.02. The lowest BCUT2D eigenvalue weighted by molar-refractivity contribution is -0.119. The molecule has 0 spiro atoms. The van der Waals surface area contributed by atoms with Gasteiger partial charge in [-0.1, -0.05) is 71.8 Å². The number of carbonyl (C=O) groups is 1. The molecule has 1 amide bonds. The third-order valence-corrected chi connectivity index (χ3v) is 8.02. The van der Waals surface area contributed by atoms with Crippen molar-refractivity contribution in [1.29, 1.82) is 0 Å². The molecule has 0 heterocycles. The summed E-state index contributed by atoms with van der Waals surface area (Å²) >= 11 is 6.27. The van der Waals surface area contributed by atoms with Crippen molar-refractivity contribution in [2.75, 3.05) is 24.0 Å². The van der Waals surface area contributed by atoms with Crippen molar-refractivity contribution in [2.24, 2.45) is 0 Å². The van der Waals surface area contributed by atoms with Crippen LogP contribution >= 0.6 is 11.6 Å². The van der Waals surface area contributed by atoms with Crippen LogP contribution in [-0.2, 0) is 14.8 Å². The summed E-state index contributed by atoms with van der Waals surface area (Å²) in [5.74, 6) is 0.270. The zero-order chi connectivity index (χ0) is 25.7. The van der Waals surface area contributed by atoms with E-state index in [2.05, 4.69) is 5.32 Å². The van der Waals surface area contributed by atoms with Gasteiger partial charge in [0.05, 0.1) is 17.1 Å². The molecule has 0 saturated heterocycles. The van der Waals surface area contributed by atoms with Crippen molar-refractivity contribution in [2.45, 2.75) is 18.7 Å². The van der Waals surface area contributed by atoms with Crippen LogP contribution in [0, 0.1) is 13.8 Å². The van der Waals surface area contributed by atoms with Crippen LogP contribution < -0.4 is 14.4 Å². The predicted molar refractivity (Wildman–Crippen MR) is 144 cm³/mol. The van der Waals surface area contributed by atoms with Gasteiger partial charge < -0.3 is 10.1 Å². The fourth-order valence-corrected chi connectivity index (χ4v) is 5.51. The number of amides is 1. The highest BCUT2D eigenvalue weighted by molar-refractivity contribution is 7.92. The van der Waals surface area contributed by atoms with Crippen LogP contribution in [0.2, 0.25) is 5.02 Å². The maximum Gasteiger partial charge on any atom is 0.264 e. The fourth-order valence-electron chi connectivity index (χ4n) is 3.86. The molecule has 0 unspecified atom stereocenters. The van der Waals surface area contributed by atoms with Crippen molar-refractivity contribution in [3.63, 3.8) is 0 Å². The summed E-state index contributed by atoms with van der Waals surface area (Å²) in [4.78, 5) is 13.0. The Bertz CT molecular complexity index is 1480. The van der Waals surface area contributed by atoms with E-state index in [1.54, 1.807) is 37.3 Å². The molecule has 0 atom stereocenters. The number of sulfonamides is 1. The molecule has 0 radical (unpaired) electrons. The van der Waals surface area contributed by atoms with Gasteiger partial charge in [-0.15, -0.1) is 0 Å². The second kappa shape index (κ2) is 11.0. The summed E-state index contributed by atoms with van der Waals surface area (Å²) in [6.45, 7) is 3.66. The second-order valence-electron chi connectivity index (χ2n) is 8.38. The van der Waals surface area contributed by atoms with Crippen LogP contribution in [0.15, 0.2) is 89.8 Å². The Morgan fingerprint density at radius 3 is 2.39 bits per heavy atom. The van der Waals surface area contributed by atoms with Crippen LogP contribution in [0.1, 0.15) is 11.1 Å². The van der Waals surface area contributed by atoms with Crippen molar-refractivity contribution < 1.29 is 17.9 Å². The highest BCUT2D eigenvalue weighted by atomic mass is 35.5. The smallest absolute Gasteiger partial charge is 0.264 e. The average molecular weight is 523 g/mol. The standard InChI is InChI=1S/C28H27ClN2O4S/c1-20-13-15-23(16-14-20)36(33,34)31(26-11-6-10-25(29)21(26)2)19-28(32)30-17-18-35-27-12-5-8-22-7-3-4-9-24(22)27/h3-16H,17-19H2,1-2H3,(H,30,32). The van der Waals surface area contributed by atoms with Gasteiger partial charge in [-0.3, -0.25) is 9.10 Å². The van der Waals surface area contributed by atoms with Gasteiger partial charge in [0.15, 0.2) is 0 Å². The Kier molecular flexibility index (Phi) is 7.82.